The smallest absolute Gasteiger partial charge is 0.143 e. The summed E-state index contributed by atoms with van der Waals surface area (Å²) < 4.78 is 1.06. The number of pyridine rings is 1. The van der Waals surface area contributed by atoms with Gasteiger partial charge in [0.05, 0.1) is 4.47 Å². The molecule has 0 saturated heterocycles. The van der Waals surface area contributed by atoms with Gasteiger partial charge >= 0.3 is 0 Å². The largest absolute Gasteiger partial charge is 0.352 e. The summed E-state index contributed by atoms with van der Waals surface area (Å²) in [7, 11) is 0. The molecule has 2 N–H and O–H groups in total. The Bertz CT molecular complexity index is 584. The molecule has 4 heteroatoms. The summed E-state index contributed by atoms with van der Waals surface area (Å²) in [5, 5.41) is 0. The number of aryl methyl sites for hydroxylation is 1. The van der Waals surface area contributed by atoms with Crippen molar-refractivity contribution >= 4 is 21.7 Å². The van der Waals surface area contributed by atoms with Gasteiger partial charge in [-0.1, -0.05) is 24.3 Å². The Morgan fingerprint density at radius 3 is 2.55 bits per heavy atom. The molecule has 20 heavy (non-hydrogen) atoms. The predicted molar refractivity (Wildman–Crippen MR) is 87.7 cm³/mol. The summed E-state index contributed by atoms with van der Waals surface area (Å²) in [6.07, 6.45) is 1.85. The molecular weight excluding hydrogens is 314 g/mol. The predicted octanol–water partition coefficient (Wildman–Crippen LogP) is 3.64. The van der Waals surface area contributed by atoms with E-state index in [9.17, 15) is 0 Å². The summed E-state index contributed by atoms with van der Waals surface area (Å²) in [6, 6.07) is 10.3. The average Bonchev–Trinajstić information content (AvgIpc) is 2.48. The van der Waals surface area contributed by atoms with E-state index < -0.39 is 0 Å². The minimum absolute atomic E-state index is 0.566. The molecule has 0 aliphatic carbocycles. The zero-order chi connectivity index (χ0) is 14.5. The lowest BCUT2D eigenvalue weighted by molar-refractivity contribution is 0.799. The van der Waals surface area contributed by atoms with Gasteiger partial charge in [0.1, 0.15) is 5.82 Å². The zero-order valence-electron chi connectivity index (χ0n) is 11.9. The first-order valence-electron chi connectivity index (χ1n) is 6.80. The molecule has 0 saturated carbocycles. The number of rotatable bonds is 5. The van der Waals surface area contributed by atoms with E-state index in [0.29, 0.717) is 6.54 Å². The van der Waals surface area contributed by atoms with Crippen LogP contribution in [-0.4, -0.2) is 11.5 Å². The number of benzene rings is 1. The summed E-state index contributed by atoms with van der Waals surface area (Å²) >= 11 is 3.64. The third-order valence-electron chi connectivity index (χ3n) is 3.44. The number of anilines is 1. The van der Waals surface area contributed by atoms with Crippen LogP contribution in [-0.2, 0) is 13.1 Å². The van der Waals surface area contributed by atoms with Crippen molar-refractivity contribution in [2.45, 2.75) is 26.9 Å². The van der Waals surface area contributed by atoms with E-state index in [1.807, 2.05) is 18.3 Å². The topological polar surface area (TPSA) is 42.1 Å². The Balaban J connectivity index is 2.31. The zero-order valence-corrected chi connectivity index (χ0v) is 13.5. The van der Waals surface area contributed by atoms with Crippen LogP contribution in [0.5, 0.6) is 0 Å². The fourth-order valence-electron chi connectivity index (χ4n) is 2.20. The van der Waals surface area contributed by atoms with Gasteiger partial charge in [-0.2, -0.15) is 0 Å². The van der Waals surface area contributed by atoms with Crippen molar-refractivity contribution in [3.63, 3.8) is 0 Å². The lowest BCUT2D eigenvalue weighted by atomic mass is 10.1. The average molecular weight is 334 g/mol. The highest BCUT2D eigenvalue weighted by Crippen LogP contribution is 2.28. The van der Waals surface area contributed by atoms with Crippen molar-refractivity contribution < 1.29 is 0 Å². The molecule has 0 fully saturated rings. The Labute approximate surface area is 129 Å². The molecule has 0 aliphatic rings. The molecule has 2 rings (SSSR count). The van der Waals surface area contributed by atoms with E-state index >= 15 is 0 Å². The Hall–Kier alpha value is -1.39. The van der Waals surface area contributed by atoms with E-state index in [-0.39, 0.29) is 0 Å². The maximum Gasteiger partial charge on any atom is 0.143 e. The molecule has 1 aromatic carbocycles. The first kappa shape index (κ1) is 15.0. The van der Waals surface area contributed by atoms with Crippen molar-refractivity contribution in [3.8, 4) is 0 Å². The Kier molecular flexibility index (Phi) is 5.15. The van der Waals surface area contributed by atoms with E-state index in [0.717, 1.165) is 23.4 Å². The number of aromatic nitrogens is 1. The van der Waals surface area contributed by atoms with Gasteiger partial charge in [0, 0.05) is 25.8 Å². The molecule has 0 amide bonds. The highest BCUT2D eigenvalue weighted by molar-refractivity contribution is 9.10. The maximum absolute atomic E-state index is 5.82. The van der Waals surface area contributed by atoms with Crippen molar-refractivity contribution in [1.29, 1.82) is 0 Å². The minimum Gasteiger partial charge on any atom is -0.352 e. The van der Waals surface area contributed by atoms with E-state index in [2.05, 4.69) is 57.9 Å². The molecule has 0 spiro atoms. The van der Waals surface area contributed by atoms with Gasteiger partial charge in [-0.25, -0.2) is 4.98 Å². The molecule has 0 unspecified atom stereocenters. The number of hydrogen-bond acceptors (Lipinski definition) is 3. The second-order valence-corrected chi connectivity index (χ2v) is 5.55. The van der Waals surface area contributed by atoms with E-state index in [4.69, 9.17) is 5.73 Å². The van der Waals surface area contributed by atoms with Gasteiger partial charge in [-0.05, 0) is 52.5 Å². The lowest BCUT2D eigenvalue weighted by Crippen LogP contribution is -2.24. The Morgan fingerprint density at radius 1 is 1.20 bits per heavy atom. The molecular formula is C16H20BrN3. The second kappa shape index (κ2) is 6.86. The van der Waals surface area contributed by atoms with Gasteiger partial charge in [-0.3, -0.25) is 0 Å². The monoisotopic (exact) mass is 333 g/mol. The van der Waals surface area contributed by atoms with Gasteiger partial charge in [0.15, 0.2) is 0 Å². The fraction of sp³-hybridized carbons (Fsp3) is 0.312. The van der Waals surface area contributed by atoms with Crippen LogP contribution in [0.2, 0.25) is 0 Å². The van der Waals surface area contributed by atoms with Crippen molar-refractivity contribution in [3.05, 3.63) is 57.7 Å². The van der Waals surface area contributed by atoms with Crippen molar-refractivity contribution in [2.24, 2.45) is 5.73 Å². The first-order chi connectivity index (χ1) is 9.67. The van der Waals surface area contributed by atoms with Crippen LogP contribution < -0.4 is 10.6 Å². The summed E-state index contributed by atoms with van der Waals surface area (Å²) in [4.78, 5) is 6.77. The molecule has 0 bridgehead atoms. The minimum atomic E-state index is 0.566. The van der Waals surface area contributed by atoms with Crippen LogP contribution in [0.15, 0.2) is 41.0 Å². The van der Waals surface area contributed by atoms with Crippen LogP contribution in [0.1, 0.15) is 23.6 Å². The second-order valence-electron chi connectivity index (χ2n) is 4.75. The van der Waals surface area contributed by atoms with Crippen LogP contribution in [0.4, 0.5) is 5.82 Å². The lowest BCUT2D eigenvalue weighted by Gasteiger charge is -2.24. The van der Waals surface area contributed by atoms with Gasteiger partial charge in [-0.15, -0.1) is 0 Å². The quantitative estimate of drug-likeness (QED) is 0.908. The molecule has 106 valence electrons. The third-order valence-corrected chi connectivity index (χ3v) is 4.42. The molecule has 1 aromatic heterocycles. The third kappa shape index (κ3) is 3.19. The van der Waals surface area contributed by atoms with E-state index in [1.54, 1.807) is 0 Å². The number of nitrogens with zero attached hydrogens (tertiary/aromatic N) is 2. The molecule has 0 atom stereocenters. The van der Waals surface area contributed by atoms with Gasteiger partial charge in [0.25, 0.3) is 0 Å². The van der Waals surface area contributed by atoms with Crippen LogP contribution in [0, 0.1) is 6.92 Å². The van der Waals surface area contributed by atoms with E-state index in [1.165, 1.54) is 16.7 Å². The molecule has 1 heterocycles. The highest BCUT2D eigenvalue weighted by atomic mass is 79.9. The highest BCUT2D eigenvalue weighted by Gasteiger charge is 2.13. The summed E-state index contributed by atoms with van der Waals surface area (Å²) in [5.41, 5.74) is 9.46. The number of hydrogen-bond donors (Lipinski definition) is 1. The molecule has 3 nitrogen and oxygen atoms in total. The van der Waals surface area contributed by atoms with Crippen LogP contribution in [0.3, 0.4) is 0 Å². The normalized spacial score (nSPS) is 10.6. The van der Waals surface area contributed by atoms with Gasteiger partial charge in [0.2, 0.25) is 0 Å². The van der Waals surface area contributed by atoms with Crippen molar-refractivity contribution in [2.75, 3.05) is 11.4 Å². The Morgan fingerprint density at radius 2 is 1.90 bits per heavy atom. The standard InChI is InChI=1S/C16H20BrN3/c1-3-20(16-15(17)12(2)8-9-19-16)11-14-7-5-4-6-13(14)10-18/h4-9H,3,10-11,18H2,1-2H3. The number of halogens is 1. The van der Waals surface area contributed by atoms with Gasteiger partial charge < -0.3 is 10.6 Å². The fourth-order valence-corrected chi connectivity index (χ4v) is 2.68. The summed E-state index contributed by atoms with van der Waals surface area (Å²) in [5.74, 6) is 0.985. The van der Waals surface area contributed by atoms with Crippen molar-refractivity contribution in [1.82, 2.24) is 4.98 Å². The van der Waals surface area contributed by atoms with Crippen LogP contribution >= 0.6 is 15.9 Å². The SMILES string of the molecule is CCN(Cc1ccccc1CN)c1nccc(C)c1Br. The molecule has 0 aliphatic heterocycles. The maximum atomic E-state index is 5.82. The number of nitrogens with two attached hydrogens (primary N) is 1. The molecule has 2 aromatic rings. The van der Waals surface area contributed by atoms with Crippen LogP contribution in [0.25, 0.3) is 0 Å². The molecule has 0 radical (unpaired) electrons. The first-order valence-corrected chi connectivity index (χ1v) is 7.59. The summed E-state index contributed by atoms with van der Waals surface area (Å²) in [6.45, 7) is 6.50.